The third-order valence-electron chi connectivity index (χ3n) is 8.00. The molecule has 4 rings (SSSR count). The predicted molar refractivity (Wildman–Crippen MR) is 175 cm³/mol. The van der Waals surface area contributed by atoms with Crippen molar-refractivity contribution >= 4 is 0 Å². The monoisotopic (exact) mass is 602 g/mol. The first-order valence-corrected chi connectivity index (χ1v) is 15.3. The number of alkyl halides is 3. The van der Waals surface area contributed by atoms with Gasteiger partial charge in [0.2, 0.25) is 0 Å². The van der Waals surface area contributed by atoms with Gasteiger partial charge in [-0.3, -0.25) is 10.2 Å². The first kappa shape index (κ1) is 33.4. The Morgan fingerprint density at radius 3 is 2.18 bits per heavy atom. The fraction of sp³-hybridized carbons (Fsp3) is 0.351. The summed E-state index contributed by atoms with van der Waals surface area (Å²) in [6, 6.07) is 22.3. The molecule has 44 heavy (non-hydrogen) atoms. The van der Waals surface area contributed by atoms with Crippen LogP contribution in [-0.4, -0.2) is 31.6 Å². The van der Waals surface area contributed by atoms with Gasteiger partial charge in [-0.2, -0.15) is 13.2 Å². The van der Waals surface area contributed by atoms with Gasteiger partial charge in [0, 0.05) is 19.6 Å². The lowest BCUT2D eigenvalue weighted by Crippen LogP contribution is -2.37. The lowest BCUT2D eigenvalue weighted by atomic mass is 9.95. The predicted octanol–water partition coefficient (Wildman–Crippen LogP) is 7.64. The molecule has 0 radical (unpaired) electrons. The first-order chi connectivity index (χ1) is 21.1. The van der Waals surface area contributed by atoms with Crippen molar-refractivity contribution in [1.82, 2.24) is 15.5 Å². The Kier molecular flexibility index (Phi) is 12.1. The van der Waals surface area contributed by atoms with Crippen LogP contribution in [0.5, 0.6) is 0 Å². The van der Waals surface area contributed by atoms with Crippen LogP contribution in [0.15, 0.2) is 109 Å². The van der Waals surface area contributed by atoms with Crippen molar-refractivity contribution in [3.63, 3.8) is 0 Å². The van der Waals surface area contributed by atoms with E-state index in [-0.39, 0.29) is 12.2 Å². The summed E-state index contributed by atoms with van der Waals surface area (Å²) in [6.07, 6.45) is 8.14. The smallest absolute Gasteiger partial charge is 0.329 e. The third kappa shape index (κ3) is 10.0. The van der Waals surface area contributed by atoms with E-state index in [0.717, 1.165) is 42.6 Å². The van der Waals surface area contributed by atoms with Crippen molar-refractivity contribution in [2.75, 3.05) is 26.7 Å². The van der Waals surface area contributed by atoms with E-state index in [1.165, 1.54) is 28.8 Å². The maximum Gasteiger partial charge on any atom is 0.416 e. The van der Waals surface area contributed by atoms with Gasteiger partial charge in [-0.05, 0) is 80.6 Å². The summed E-state index contributed by atoms with van der Waals surface area (Å²) in [4.78, 5) is 2.15. The standard InChI is InChI=1S/C37H45F3N4/c1-27-4-8-29(9-5-27)14-21-35(32-15-6-28(2)7-16-32)43-36(33-17-19-34(20-18-33)37(38,39)40)44(3)26-31-12-10-30(11-13-31)22-24-42-25-23-41/h4-8,10-21,29,35-36,42-43H,9,22-26,41H2,1-3H3/b21-14+. The number of aryl methyl sites for hydroxylation is 1. The van der Waals surface area contributed by atoms with E-state index in [0.29, 0.717) is 19.0 Å². The maximum absolute atomic E-state index is 13.4. The molecule has 0 fully saturated rings. The van der Waals surface area contributed by atoms with E-state index in [4.69, 9.17) is 5.73 Å². The Labute approximate surface area is 260 Å². The quantitative estimate of drug-likeness (QED) is 0.101. The second-order valence-corrected chi connectivity index (χ2v) is 11.7. The second-order valence-electron chi connectivity index (χ2n) is 11.7. The van der Waals surface area contributed by atoms with Gasteiger partial charge in [-0.15, -0.1) is 0 Å². The van der Waals surface area contributed by atoms with Crippen molar-refractivity contribution in [3.05, 3.63) is 142 Å². The molecule has 4 nitrogen and oxygen atoms in total. The van der Waals surface area contributed by atoms with Crippen molar-refractivity contribution in [1.29, 1.82) is 0 Å². The van der Waals surface area contributed by atoms with E-state index >= 15 is 0 Å². The molecule has 0 saturated heterocycles. The molecule has 0 bridgehead atoms. The van der Waals surface area contributed by atoms with Crippen LogP contribution in [0.25, 0.3) is 0 Å². The van der Waals surface area contributed by atoms with Crippen LogP contribution in [0.3, 0.4) is 0 Å². The highest BCUT2D eigenvalue weighted by atomic mass is 19.4. The minimum absolute atomic E-state index is 0.158. The summed E-state index contributed by atoms with van der Waals surface area (Å²) >= 11 is 0. The van der Waals surface area contributed by atoms with Gasteiger partial charge < -0.3 is 11.1 Å². The highest BCUT2D eigenvalue weighted by Crippen LogP contribution is 2.32. The molecule has 3 aromatic rings. The number of benzene rings is 3. The van der Waals surface area contributed by atoms with Crippen LogP contribution in [0.4, 0.5) is 13.2 Å². The molecule has 0 aliphatic heterocycles. The molecule has 3 unspecified atom stereocenters. The minimum Gasteiger partial charge on any atom is -0.329 e. The van der Waals surface area contributed by atoms with E-state index < -0.39 is 11.7 Å². The van der Waals surface area contributed by atoms with Crippen LogP contribution in [-0.2, 0) is 19.1 Å². The highest BCUT2D eigenvalue weighted by Gasteiger charge is 2.31. The molecular formula is C37H45F3N4. The van der Waals surface area contributed by atoms with Gasteiger partial charge in [-0.1, -0.05) is 102 Å². The summed E-state index contributed by atoms with van der Waals surface area (Å²) in [5.41, 5.74) is 11.6. The number of nitrogens with one attached hydrogen (secondary N) is 2. The fourth-order valence-corrected chi connectivity index (χ4v) is 5.33. The topological polar surface area (TPSA) is 53.3 Å². The van der Waals surface area contributed by atoms with Crippen molar-refractivity contribution in [2.45, 2.75) is 51.6 Å². The highest BCUT2D eigenvalue weighted by molar-refractivity contribution is 5.32. The largest absolute Gasteiger partial charge is 0.416 e. The zero-order valence-corrected chi connectivity index (χ0v) is 25.9. The van der Waals surface area contributed by atoms with Crippen molar-refractivity contribution in [3.8, 4) is 0 Å². The molecule has 0 saturated carbocycles. The summed E-state index contributed by atoms with van der Waals surface area (Å²) in [6.45, 7) is 7.07. The summed E-state index contributed by atoms with van der Waals surface area (Å²) in [5.74, 6) is 0.291. The lowest BCUT2D eigenvalue weighted by Gasteiger charge is -2.33. The molecule has 1 aliphatic rings. The van der Waals surface area contributed by atoms with Crippen molar-refractivity contribution < 1.29 is 13.2 Å². The average Bonchev–Trinajstić information content (AvgIpc) is 3.01. The first-order valence-electron chi connectivity index (χ1n) is 15.3. The van der Waals surface area contributed by atoms with Crippen LogP contribution < -0.4 is 16.4 Å². The van der Waals surface area contributed by atoms with Crippen molar-refractivity contribution in [2.24, 2.45) is 11.7 Å². The summed E-state index contributed by atoms with van der Waals surface area (Å²) in [7, 11) is 2.01. The molecule has 234 valence electrons. The molecule has 0 aromatic heterocycles. The Hall–Kier alpha value is -3.49. The van der Waals surface area contributed by atoms with Gasteiger partial charge >= 0.3 is 6.18 Å². The number of hydrogen-bond donors (Lipinski definition) is 3. The van der Waals surface area contributed by atoms with Gasteiger partial charge in [0.1, 0.15) is 0 Å². The zero-order valence-electron chi connectivity index (χ0n) is 25.9. The number of allylic oxidation sites excluding steroid dienone is 5. The third-order valence-corrected chi connectivity index (χ3v) is 8.00. The molecule has 0 spiro atoms. The van der Waals surface area contributed by atoms with E-state index in [9.17, 15) is 13.2 Å². The SMILES string of the molecule is CC1=CCC(/C=C/C(NC(c2ccc(C(F)(F)F)cc2)N(C)Cc2ccc(CCNCCN)cc2)c2ccc(C)cc2)C=C1. The summed E-state index contributed by atoms with van der Waals surface area (Å²) < 4.78 is 40.3. The van der Waals surface area contributed by atoms with E-state index in [1.54, 1.807) is 12.1 Å². The Bertz CT molecular complexity index is 1390. The Morgan fingerprint density at radius 2 is 1.57 bits per heavy atom. The molecular weight excluding hydrogens is 557 g/mol. The number of rotatable bonds is 14. The second kappa shape index (κ2) is 16.0. The zero-order chi connectivity index (χ0) is 31.5. The fourth-order valence-electron chi connectivity index (χ4n) is 5.33. The lowest BCUT2D eigenvalue weighted by molar-refractivity contribution is -0.137. The number of nitrogens with two attached hydrogens (primary N) is 1. The van der Waals surface area contributed by atoms with E-state index in [1.807, 2.05) is 7.05 Å². The molecule has 0 heterocycles. The van der Waals surface area contributed by atoms with E-state index in [2.05, 4.69) is 108 Å². The normalized spacial score (nSPS) is 16.8. The van der Waals surface area contributed by atoms with Crippen LogP contribution in [0.2, 0.25) is 0 Å². The molecule has 3 atom stereocenters. The number of halogens is 3. The van der Waals surface area contributed by atoms with Gasteiger partial charge in [0.05, 0.1) is 17.8 Å². The minimum atomic E-state index is -4.39. The van der Waals surface area contributed by atoms with Gasteiger partial charge in [0.25, 0.3) is 0 Å². The van der Waals surface area contributed by atoms with Gasteiger partial charge in [-0.25, -0.2) is 0 Å². The molecule has 4 N–H and O–H groups in total. The van der Waals surface area contributed by atoms with Crippen LogP contribution in [0, 0.1) is 12.8 Å². The van der Waals surface area contributed by atoms with Gasteiger partial charge in [0.15, 0.2) is 0 Å². The maximum atomic E-state index is 13.4. The van der Waals surface area contributed by atoms with Crippen LogP contribution >= 0.6 is 0 Å². The molecule has 7 heteroatoms. The number of hydrogen-bond acceptors (Lipinski definition) is 4. The number of nitrogens with zero attached hydrogens (tertiary/aromatic N) is 1. The molecule has 0 amide bonds. The molecule has 1 aliphatic carbocycles. The van der Waals surface area contributed by atoms with Crippen LogP contribution in [0.1, 0.15) is 58.9 Å². The molecule has 3 aromatic carbocycles. The summed E-state index contributed by atoms with van der Waals surface area (Å²) in [5, 5.41) is 7.10. The Morgan fingerprint density at radius 1 is 0.909 bits per heavy atom. The Balaban J connectivity index is 1.59. The average molecular weight is 603 g/mol.